The molecule has 8 heteroatoms. The molecule has 0 aliphatic carbocycles. The third-order valence-electron chi connectivity index (χ3n) is 9.18. The van der Waals surface area contributed by atoms with Crippen LogP contribution in [0.5, 0.6) is 0 Å². The van der Waals surface area contributed by atoms with Crippen molar-refractivity contribution in [3.63, 3.8) is 0 Å². The van der Waals surface area contributed by atoms with Gasteiger partial charge in [-0.05, 0) is 108 Å². The fraction of sp³-hybridized carbons (Fsp3) is 0. The topological polar surface area (TPSA) is 68.7 Å². The van der Waals surface area contributed by atoms with E-state index in [0.717, 1.165) is 53.5 Å². The predicted octanol–water partition coefficient (Wildman–Crippen LogP) is 10.2. The van der Waals surface area contributed by atoms with Gasteiger partial charge >= 0.3 is 0 Å². The summed E-state index contributed by atoms with van der Waals surface area (Å²) in [5, 5.41) is 1.16. The standard InChI is InChI=1S/C42H24Br2N4O2/c43-37-31(20-22-47-39(37)45-35-18-7-5-16-33(35)41(47)49)29-14-3-1-12-27(29)25-10-9-11-26(24-25)28-13-2-4-15-30(28)32-21-23-48-40(38(32)44)46-36-19-8-6-17-34(36)42(48)50/h1-24H. The minimum absolute atomic E-state index is 0.105. The van der Waals surface area contributed by atoms with Gasteiger partial charge in [0.2, 0.25) is 0 Å². The Kier molecular flexibility index (Phi) is 7.30. The summed E-state index contributed by atoms with van der Waals surface area (Å²) in [7, 11) is 0. The number of pyridine rings is 2. The molecule has 0 aliphatic heterocycles. The van der Waals surface area contributed by atoms with E-state index in [0.29, 0.717) is 33.1 Å². The Hall–Kier alpha value is -5.70. The van der Waals surface area contributed by atoms with Crippen LogP contribution in [-0.2, 0) is 0 Å². The van der Waals surface area contributed by atoms with Crippen LogP contribution in [0, 0.1) is 0 Å². The molecule has 6 nitrogen and oxygen atoms in total. The van der Waals surface area contributed by atoms with E-state index in [1.807, 2.05) is 72.8 Å². The van der Waals surface area contributed by atoms with Crippen LogP contribution in [0.2, 0.25) is 0 Å². The maximum absolute atomic E-state index is 13.3. The van der Waals surface area contributed by atoms with Gasteiger partial charge in [0.15, 0.2) is 11.3 Å². The lowest BCUT2D eigenvalue weighted by molar-refractivity contribution is 1.07. The first-order chi connectivity index (χ1) is 24.5. The number of para-hydroxylation sites is 2. The molecular formula is C42H24Br2N4O2. The summed E-state index contributed by atoms with van der Waals surface area (Å²) in [4.78, 5) is 36.3. The zero-order valence-corrected chi connectivity index (χ0v) is 29.4. The Balaban J connectivity index is 1.18. The highest BCUT2D eigenvalue weighted by Gasteiger charge is 2.18. The van der Waals surface area contributed by atoms with Crippen LogP contribution in [-0.4, -0.2) is 18.8 Å². The molecule has 0 unspecified atom stereocenters. The van der Waals surface area contributed by atoms with Gasteiger partial charge in [0, 0.05) is 23.5 Å². The zero-order valence-electron chi connectivity index (χ0n) is 26.2. The summed E-state index contributed by atoms with van der Waals surface area (Å²) in [6, 6.07) is 43.8. The molecule has 5 aromatic carbocycles. The van der Waals surface area contributed by atoms with Crippen LogP contribution in [0.1, 0.15) is 0 Å². The second kappa shape index (κ2) is 12.0. The first-order valence-electron chi connectivity index (χ1n) is 16.0. The Labute approximate surface area is 302 Å². The van der Waals surface area contributed by atoms with Crippen LogP contribution >= 0.6 is 31.9 Å². The van der Waals surface area contributed by atoms with Gasteiger partial charge in [-0.15, -0.1) is 0 Å². The maximum atomic E-state index is 13.3. The predicted molar refractivity (Wildman–Crippen MR) is 209 cm³/mol. The number of benzene rings is 5. The third kappa shape index (κ3) is 4.82. The van der Waals surface area contributed by atoms with E-state index in [9.17, 15) is 9.59 Å². The molecule has 0 radical (unpaired) electrons. The summed E-state index contributed by atoms with van der Waals surface area (Å²) in [6.07, 6.45) is 3.60. The average molecular weight is 776 g/mol. The molecule has 0 bridgehead atoms. The van der Waals surface area contributed by atoms with E-state index in [2.05, 4.69) is 80.4 Å². The maximum Gasteiger partial charge on any atom is 0.265 e. The number of nitrogens with zero attached hydrogens (tertiary/aromatic N) is 4. The number of halogens is 2. The van der Waals surface area contributed by atoms with Gasteiger partial charge in [0.25, 0.3) is 11.1 Å². The lowest BCUT2D eigenvalue weighted by atomic mass is 9.90. The summed E-state index contributed by atoms with van der Waals surface area (Å²) in [5.74, 6) is 0. The number of aromatic nitrogens is 4. The molecule has 0 aliphatic rings. The largest absolute Gasteiger partial charge is 0.268 e. The lowest BCUT2D eigenvalue weighted by Gasteiger charge is -2.16. The van der Waals surface area contributed by atoms with Crippen LogP contribution in [0.15, 0.2) is 164 Å². The fourth-order valence-corrected chi connectivity index (χ4v) is 8.02. The van der Waals surface area contributed by atoms with Crippen molar-refractivity contribution in [3.05, 3.63) is 176 Å². The Bertz CT molecular complexity index is 2770. The second-order valence-corrected chi connectivity index (χ2v) is 13.6. The molecule has 238 valence electrons. The van der Waals surface area contributed by atoms with E-state index in [4.69, 9.17) is 9.97 Å². The molecular weight excluding hydrogens is 752 g/mol. The van der Waals surface area contributed by atoms with Crippen LogP contribution < -0.4 is 11.1 Å². The van der Waals surface area contributed by atoms with E-state index >= 15 is 0 Å². The van der Waals surface area contributed by atoms with Crippen molar-refractivity contribution in [1.82, 2.24) is 18.8 Å². The Morgan fingerprint density at radius 3 is 1.28 bits per heavy atom. The lowest BCUT2D eigenvalue weighted by Crippen LogP contribution is -2.15. The summed E-state index contributed by atoms with van der Waals surface area (Å²) in [5.41, 5.74) is 10.3. The minimum atomic E-state index is -0.105. The van der Waals surface area contributed by atoms with Gasteiger partial charge in [-0.3, -0.25) is 18.4 Å². The first-order valence-corrected chi connectivity index (χ1v) is 17.6. The number of hydrogen-bond donors (Lipinski definition) is 0. The van der Waals surface area contributed by atoms with Crippen molar-refractivity contribution in [2.24, 2.45) is 0 Å². The highest BCUT2D eigenvalue weighted by Crippen LogP contribution is 2.41. The molecule has 9 aromatic rings. The number of rotatable bonds is 4. The van der Waals surface area contributed by atoms with Crippen molar-refractivity contribution in [2.45, 2.75) is 0 Å². The zero-order chi connectivity index (χ0) is 33.9. The molecule has 0 amide bonds. The van der Waals surface area contributed by atoms with Gasteiger partial charge < -0.3 is 0 Å². The van der Waals surface area contributed by atoms with Crippen LogP contribution in [0.25, 0.3) is 77.6 Å². The van der Waals surface area contributed by atoms with Crippen molar-refractivity contribution in [1.29, 1.82) is 0 Å². The molecule has 4 heterocycles. The molecule has 0 saturated carbocycles. The smallest absolute Gasteiger partial charge is 0.265 e. The SMILES string of the molecule is O=c1c2ccccc2nc2c(Br)c(-c3ccccc3-c3cccc(-c4ccccc4-c4ccn5c(=O)c6ccccc6nc5c4Br)c3)ccn12. The normalized spacial score (nSPS) is 11.6. The first kappa shape index (κ1) is 30.4. The molecule has 9 rings (SSSR count). The van der Waals surface area contributed by atoms with Crippen molar-refractivity contribution >= 4 is 65.0 Å². The van der Waals surface area contributed by atoms with Crippen LogP contribution in [0.4, 0.5) is 0 Å². The van der Waals surface area contributed by atoms with Gasteiger partial charge in [-0.2, -0.15) is 0 Å². The molecule has 0 atom stereocenters. The van der Waals surface area contributed by atoms with E-state index in [-0.39, 0.29) is 11.1 Å². The second-order valence-electron chi connectivity index (χ2n) is 12.0. The molecule has 0 N–H and O–H groups in total. The highest BCUT2D eigenvalue weighted by atomic mass is 79.9. The van der Waals surface area contributed by atoms with E-state index in [1.165, 1.54) is 0 Å². The van der Waals surface area contributed by atoms with Gasteiger partial charge in [-0.1, -0.05) is 91.0 Å². The van der Waals surface area contributed by atoms with Gasteiger partial charge in [0.1, 0.15) is 0 Å². The molecule has 4 aromatic heterocycles. The summed E-state index contributed by atoms with van der Waals surface area (Å²) >= 11 is 7.64. The third-order valence-corrected chi connectivity index (χ3v) is 10.7. The van der Waals surface area contributed by atoms with E-state index < -0.39 is 0 Å². The van der Waals surface area contributed by atoms with Gasteiger partial charge in [0.05, 0.1) is 30.8 Å². The molecule has 0 fully saturated rings. The molecule has 50 heavy (non-hydrogen) atoms. The molecule has 0 spiro atoms. The monoisotopic (exact) mass is 774 g/mol. The molecule has 0 saturated heterocycles. The Morgan fingerprint density at radius 1 is 0.420 bits per heavy atom. The van der Waals surface area contributed by atoms with Crippen molar-refractivity contribution < 1.29 is 0 Å². The quantitative estimate of drug-likeness (QED) is 0.167. The van der Waals surface area contributed by atoms with Gasteiger partial charge in [-0.25, -0.2) is 9.97 Å². The number of fused-ring (bicyclic) bond motifs is 4. The summed E-state index contributed by atoms with van der Waals surface area (Å²) < 4.78 is 4.68. The van der Waals surface area contributed by atoms with Crippen molar-refractivity contribution in [3.8, 4) is 44.5 Å². The fourth-order valence-electron chi connectivity index (χ4n) is 6.77. The average Bonchev–Trinajstić information content (AvgIpc) is 3.16. The van der Waals surface area contributed by atoms with E-state index in [1.54, 1.807) is 33.3 Å². The van der Waals surface area contributed by atoms with Crippen molar-refractivity contribution in [2.75, 3.05) is 0 Å². The Morgan fingerprint density at radius 2 is 0.820 bits per heavy atom. The highest BCUT2D eigenvalue weighted by molar-refractivity contribution is 9.11. The van der Waals surface area contributed by atoms with Crippen LogP contribution in [0.3, 0.4) is 0 Å². The number of hydrogen-bond acceptors (Lipinski definition) is 4. The minimum Gasteiger partial charge on any atom is -0.268 e. The summed E-state index contributed by atoms with van der Waals surface area (Å²) in [6.45, 7) is 0.